The van der Waals surface area contributed by atoms with Crippen molar-refractivity contribution in [3.63, 3.8) is 0 Å². The van der Waals surface area contributed by atoms with Crippen molar-refractivity contribution in [1.29, 1.82) is 0 Å². The van der Waals surface area contributed by atoms with Gasteiger partial charge in [-0.05, 0) is 75.8 Å². The lowest BCUT2D eigenvalue weighted by Crippen LogP contribution is -2.61. The van der Waals surface area contributed by atoms with Gasteiger partial charge >= 0.3 is 6.03 Å². The van der Waals surface area contributed by atoms with E-state index >= 15 is 4.39 Å². The number of piperidine rings is 1. The second-order valence-electron chi connectivity index (χ2n) is 17.2. The van der Waals surface area contributed by atoms with Crippen LogP contribution in [0.1, 0.15) is 93.2 Å². The third kappa shape index (κ3) is 7.53. The maximum Gasteiger partial charge on any atom is 0.328 e. The number of anilines is 3. The van der Waals surface area contributed by atoms with Gasteiger partial charge in [-0.3, -0.25) is 24.6 Å². The molecule has 7 heterocycles. The molecule has 4 amide bonds. The fourth-order valence-electron chi connectivity index (χ4n) is 9.41. The number of fused-ring (bicyclic) bond motifs is 1. The fraction of sp³-hybridized carbons (Fsp3) is 0.524. The first-order chi connectivity index (χ1) is 27.9. The molecule has 0 unspecified atom stereocenters. The molecule has 3 saturated heterocycles. The van der Waals surface area contributed by atoms with Crippen LogP contribution in [0.3, 0.4) is 0 Å². The molecule has 4 aromatic rings. The Bertz CT molecular complexity index is 2310. The van der Waals surface area contributed by atoms with Crippen molar-refractivity contribution in [3.8, 4) is 5.75 Å². The van der Waals surface area contributed by atoms with Crippen molar-refractivity contribution in [2.45, 2.75) is 89.4 Å². The molecule has 9 rings (SSSR count). The summed E-state index contributed by atoms with van der Waals surface area (Å²) in [5.41, 5.74) is 2.20. The predicted molar refractivity (Wildman–Crippen MR) is 213 cm³/mol. The third-order valence-corrected chi connectivity index (χ3v) is 12.6. The van der Waals surface area contributed by atoms with Gasteiger partial charge < -0.3 is 28.8 Å². The lowest BCUT2D eigenvalue weighted by molar-refractivity contribution is -0.120. The number of carbonyl (C=O) groups is 3. The quantitative estimate of drug-likeness (QED) is 0.207. The molecule has 58 heavy (non-hydrogen) atoms. The van der Waals surface area contributed by atoms with Crippen LogP contribution in [0.15, 0.2) is 53.8 Å². The van der Waals surface area contributed by atoms with Crippen molar-refractivity contribution in [2.24, 2.45) is 11.3 Å². The molecule has 2 saturated carbocycles. The first-order valence-electron chi connectivity index (χ1n) is 20.5. The first kappa shape index (κ1) is 38.2. The molecule has 3 aliphatic heterocycles. The molecular weight excluding hydrogens is 749 g/mol. The molecule has 2 N–H and O–H groups in total. The molecule has 0 radical (unpaired) electrons. The summed E-state index contributed by atoms with van der Waals surface area (Å²) in [4.78, 5) is 65.6. The normalized spacial score (nSPS) is 24.6. The summed E-state index contributed by atoms with van der Waals surface area (Å²) in [5, 5.41) is 5.00. The van der Waals surface area contributed by atoms with Crippen molar-refractivity contribution in [3.05, 3.63) is 76.5 Å². The standard InChI is InChI=1S/C42H49F2N9O5/c1-25(2)58-35-18-36-46-33(22-51(36)21-29(35)39(55)47-32-4-3-12-53(40(32)56)34-17-30(34)43)27-7-5-26(6-8-27)20-49-23-42(24-49)10-14-50(15-11-42)38-31(44)16-28(19-45-38)52-13-9-37(54)48-41(52)57/h3-4,12,16,18-19,21-22,25-27,30,34H,5-11,13-15,17,20,23-24H2,1-2H3,(H,47,55)(H,48,54,57)/t26?,27?,30-,34+/m1/s1. The molecule has 4 aromatic heterocycles. The molecule has 0 bridgehead atoms. The molecule has 5 aliphatic rings. The van der Waals surface area contributed by atoms with Crippen LogP contribution < -0.4 is 30.7 Å². The molecule has 2 atom stereocenters. The van der Waals surface area contributed by atoms with Gasteiger partial charge in [0.05, 0.1) is 35.3 Å². The summed E-state index contributed by atoms with van der Waals surface area (Å²) < 4.78 is 38.2. The Morgan fingerprint density at radius 3 is 2.52 bits per heavy atom. The van der Waals surface area contributed by atoms with Gasteiger partial charge in [0.15, 0.2) is 11.6 Å². The van der Waals surface area contributed by atoms with Gasteiger partial charge in [0.2, 0.25) is 5.91 Å². The number of rotatable bonds is 10. The Morgan fingerprint density at radius 2 is 1.83 bits per heavy atom. The molecule has 1 spiro atoms. The number of imidazole rings is 1. The number of carbonyl (C=O) groups excluding carboxylic acids is 3. The van der Waals surface area contributed by atoms with E-state index in [1.54, 1.807) is 24.5 Å². The maximum absolute atomic E-state index is 15.2. The molecule has 0 aromatic carbocycles. The highest BCUT2D eigenvalue weighted by atomic mass is 19.1. The number of alkyl halides is 1. The van der Waals surface area contributed by atoms with E-state index in [0.29, 0.717) is 41.2 Å². The topological polar surface area (TPSA) is 146 Å². The van der Waals surface area contributed by atoms with Crippen molar-refractivity contribution < 1.29 is 27.9 Å². The number of likely N-dealkylation sites (tertiary alicyclic amines) is 1. The second-order valence-corrected chi connectivity index (χ2v) is 17.2. The summed E-state index contributed by atoms with van der Waals surface area (Å²) in [6.45, 7) is 8.62. The van der Waals surface area contributed by atoms with Crippen molar-refractivity contribution in [1.82, 2.24) is 29.2 Å². The van der Waals surface area contributed by atoms with Crippen LogP contribution in [0, 0.1) is 17.2 Å². The number of hydrogen-bond acceptors (Lipinski definition) is 9. The summed E-state index contributed by atoms with van der Waals surface area (Å²) in [5.74, 6) is 0.323. The van der Waals surface area contributed by atoms with Gasteiger partial charge in [-0.25, -0.2) is 23.5 Å². The third-order valence-electron chi connectivity index (χ3n) is 12.6. The van der Waals surface area contributed by atoms with Crippen LogP contribution in [-0.4, -0.2) is 93.2 Å². The minimum Gasteiger partial charge on any atom is -0.490 e. The van der Waals surface area contributed by atoms with E-state index in [1.165, 1.54) is 27.8 Å². The monoisotopic (exact) mass is 797 g/mol. The zero-order valence-electron chi connectivity index (χ0n) is 32.8. The minimum atomic E-state index is -1.05. The average Bonchev–Trinajstić information content (AvgIpc) is 3.76. The molecule has 306 valence electrons. The lowest BCUT2D eigenvalue weighted by atomic mass is 9.71. The Balaban J connectivity index is 0.775. The second kappa shape index (κ2) is 15.1. The number of amides is 4. The Kier molecular flexibility index (Phi) is 9.93. The van der Waals surface area contributed by atoms with Crippen LogP contribution in [0.2, 0.25) is 0 Å². The number of pyridine rings is 3. The molecule has 2 aliphatic carbocycles. The van der Waals surface area contributed by atoms with Gasteiger partial charge in [0, 0.05) is 88.8 Å². The largest absolute Gasteiger partial charge is 0.490 e. The summed E-state index contributed by atoms with van der Waals surface area (Å²) >= 11 is 0. The number of ether oxygens (including phenoxy) is 1. The Morgan fingerprint density at radius 1 is 1.07 bits per heavy atom. The average molecular weight is 798 g/mol. The number of urea groups is 1. The zero-order valence-corrected chi connectivity index (χ0v) is 32.8. The van der Waals surface area contributed by atoms with E-state index < -0.39 is 35.5 Å². The van der Waals surface area contributed by atoms with Crippen molar-refractivity contribution >= 4 is 40.7 Å². The van der Waals surface area contributed by atoms with E-state index in [-0.39, 0.29) is 41.6 Å². The van der Waals surface area contributed by atoms with Crippen LogP contribution >= 0.6 is 0 Å². The number of nitrogens with one attached hydrogen (secondary N) is 2. The number of aromatic nitrogens is 4. The number of halogens is 2. The van der Waals surface area contributed by atoms with E-state index in [4.69, 9.17) is 9.72 Å². The highest BCUT2D eigenvalue weighted by molar-refractivity contribution is 6.06. The van der Waals surface area contributed by atoms with Gasteiger partial charge in [-0.1, -0.05) is 0 Å². The maximum atomic E-state index is 15.2. The summed E-state index contributed by atoms with van der Waals surface area (Å²) in [6.07, 6.45) is 12.2. The van der Waals surface area contributed by atoms with E-state index in [2.05, 4.69) is 20.5 Å². The van der Waals surface area contributed by atoms with Crippen LogP contribution in [-0.2, 0) is 4.79 Å². The predicted octanol–water partition coefficient (Wildman–Crippen LogP) is 5.68. The fourth-order valence-corrected chi connectivity index (χ4v) is 9.41. The number of hydrogen-bond donors (Lipinski definition) is 2. The highest BCUT2D eigenvalue weighted by Crippen LogP contribution is 2.44. The molecule has 5 fully saturated rings. The SMILES string of the molecule is CC(C)Oc1cc2nc(C3CCC(CN4CC5(CCN(c6ncc(N7CCC(=O)NC7=O)cc6F)CC5)C4)CC3)cn2cc1C(=O)Nc1cccn([C@H]2C[C@H]2F)c1=O. The van der Waals surface area contributed by atoms with Gasteiger partial charge in [-0.15, -0.1) is 0 Å². The minimum absolute atomic E-state index is 0.0877. The van der Waals surface area contributed by atoms with Crippen LogP contribution in [0.4, 0.5) is 30.8 Å². The molecule has 14 nitrogen and oxygen atoms in total. The van der Waals surface area contributed by atoms with E-state index in [1.807, 2.05) is 29.3 Å². The lowest BCUT2D eigenvalue weighted by Gasteiger charge is -2.55. The van der Waals surface area contributed by atoms with Crippen molar-refractivity contribution in [2.75, 3.05) is 54.4 Å². The smallest absolute Gasteiger partial charge is 0.328 e. The zero-order chi connectivity index (χ0) is 40.3. The van der Waals surface area contributed by atoms with Gasteiger partial charge in [-0.2, -0.15) is 0 Å². The van der Waals surface area contributed by atoms with Crippen LogP contribution in [0.25, 0.3) is 5.65 Å². The Hall–Kier alpha value is -5.38. The number of nitrogens with zero attached hydrogens (tertiary/aromatic N) is 7. The summed E-state index contributed by atoms with van der Waals surface area (Å²) in [7, 11) is 0. The van der Waals surface area contributed by atoms with Crippen LogP contribution in [0.5, 0.6) is 5.75 Å². The number of imide groups is 1. The Labute approximate surface area is 334 Å². The van der Waals surface area contributed by atoms with Gasteiger partial charge in [0.1, 0.15) is 23.3 Å². The summed E-state index contributed by atoms with van der Waals surface area (Å²) in [6, 6.07) is 5.23. The molecule has 16 heteroatoms. The molecular formula is C42H49F2N9O5. The first-order valence-corrected chi connectivity index (χ1v) is 20.5. The highest BCUT2D eigenvalue weighted by Gasteiger charge is 2.46. The van der Waals surface area contributed by atoms with E-state index in [9.17, 15) is 23.6 Å². The van der Waals surface area contributed by atoms with E-state index in [0.717, 1.165) is 76.9 Å². The van der Waals surface area contributed by atoms with Gasteiger partial charge in [0.25, 0.3) is 11.5 Å².